The molecule has 0 aliphatic carbocycles. The molecular weight excluding hydrogens is 544 g/mol. The van der Waals surface area contributed by atoms with Gasteiger partial charge < -0.3 is 28.4 Å². The maximum Gasteiger partial charge on any atom is 0.513 e. The first-order valence-electron chi connectivity index (χ1n) is 12.8. The molecule has 0 bridgehead atoms. The Hall–Kier alpha value is -3.79. The predicted molar refractivity (Wildman–Crippen MR) is 143 cm³/mol. The Kier molecular flexibility index (Phi) is 13.6. The first-order valence-corrected chi connectivity index (χ1v) is 12.8. The molecule has 0 fully saturated rings. The Bertz CT molecular complexity index is 1080. The number of esters is 2. The Balaban J connectivity index is 3.45. The zero-order valence-corrected chi connectivity index (χ0v) is 24.3. The van der Waals surface area contributed by atoms with E-state index in [1.165, 1.54) is 38.1 Å². The molecule has 0 amide bonds. The highest BCUT2D eigenvalue weighted by Crippen LogP contribution is 2.35. The molecule has 0 spiro atoms. The lowest BCUT2D eigenvalue weighted by molar-refractivity contribution is -0.199. The molecule has 0 aliphatic rings. The monoisotopic (exact) mass is 584 g/mol. The van der Waals surface area contributed by atoms with Gasteiger partial charge in [0.15, 0.2) is 11.9 Å². The molecule has 0 unspecified atom stereocenters. The summed E-state index contributed by atoms with van der Waals surface area (Å²) in [6.45, 7) is 10.3. The predicted octanol–water partition coefficient (Wildman–Crippen LogP) is 1.93. The van der Waals surface area contributed by atoms with Gasteiger partial charge in [-0.25, -0.2) is 25.2 Å². The van der Waals surface area contributed by atoms with Gasteiger partial charge in [-0.15, -0.1) is 0 Å². The Morgan fingerprint density at radius 3 is 2.02 bits per heavy atom. The number of nitrogens with one attached hydrogen (secondary N) is 2. The van der Waals surface area contributed by atoms with Crippen molar-refractivity contribution in [1.82, 2.24) is 10.9 Å². The molecule has 4 atom stereocenters. The fourth-order valence-corrected chi connectivity index (χ4v) is 3.44. The van der Waals surface area contributed by atoms with Gasteiger partial charge in [-0.2, -0.15) is 0 Å². The molecule has 0 aliphatic heterocycles. The molecule has 230 valence electrons. The minimum atomic E-state index is -1.90. The van der Waals surface area contributed by atoms with E-state index in [1.54, 1.807) is 27.7 Å². The van der Waals surface area contributed by atoms with Crippen LogP contribution in [-0.4, -0.2) is 60.6 Å². The average molecular weight is 585 g/mol. The number of hydrogen-bond acceptors (Lipinski definition) is 15. The summed E-state index contributed by atoms with van der Waals surface area (Å²) in [6, 6.07) is 5.75. The van der Waals surface area contributed by atoms with Crippen LogP contribution in [-0.2, 0) is 38.1 Å². The van der Waals surface area contributed by atoms with Crippen LogP contribution in [0.5, 0.6) is 5.75 Å². The van der Waals surface area contributed by atoms with Crippen molar-refractivity contribution < 1.29 is 52.4 Å². The van der Waals surface area contributed by atoms with Gasteiger partial charge in [0.05, 0.1) is 13.2 Å². The number of nitrogens with two attached hydrogens (primary N) is 2. The van der Waals surface area contributed by atoms with E-state index >= 15 is 0 Å². The number of hydrazine groups is 2. The first kappa shape index (κ1) is 35.2. The molecule has 1 rings (SSSR count). The van der Waals surface area contributed by atoms with Crippen molar-refractivity contribution >= 4 is 30.0 Å². The SMILES string of the molecule is CCOC(=O)Oc1cccc([C@H](OC(=O)OCC)[C@](C)(NN)C(=O)C[C@](C)(NN)C(=O)O[C@@H](OC(C)=O)C(C)C)c1. The lowest BCUT2D eigenvalue weighted by Gasteiger charge is -2.37. The fraction of sp³-hybridized carbons (Fsp3) is 0.577. The molecule has 0 heterocycles. The van der Waals surface area contributed by atoms with Crippen LogP contribution < -0.4 is 27.3 Å². The number of ether oxygens (including phenoxy) is 6. The Morgan fingerprint density at radius 2 is 1.51 bits per heavy atom. The second-order valence-corrected chi connectivity index (χ2v) is 9.59. The average Bonchev–Trinajstić information content (AvgIpc) is 2.90. The number of benzene rings is 1. The van der Waals surface area contributed by atoms with Crippen molar-refractivity contribution in [3.63, 3.8) is 0 Å². The van der Waals surface area contributed by atoms with E-state index in [0.29, 0.717) is 0 Å². The number of carbonyl (C=O) groups is 5. The summed E-state index contributed by atoms with van der Waals surface area (Å²) in [6.07, 6.45) is -5.43. The maximum absolute atomic E-state index is 13.8. The van der Waals surface area contributed by atoms with Crippen LogP contribution >= 0.6 is 0 Å². The van der Waals surface area contributed by atoms with Crippen LogP contribution in [0.2, 0.25) is 0 Å². The molecule has 41 heavy (non-hydrogen) atoms. The third-order valence-electron chi connectivity index (χ3n) is 5.84. The van der Waals surface area contributed by atoms with E-state index in [-0.39, 0.29) is 24.5 Å². The van der Waals surface area contributed by atoms with Gasteiger partial charge in [0.2, 0.25) is 6.29 Å². The quantitative estimate of drug-likeness (QED) is 0.0578. The summed E-state index contributed by atoms with van der Waals surface area (Å²) in [5.41, 5.74) is 1.08. The maximum atomic E-state index is 13.8. The van der Waals surface area contributed by atoms with E-state index in [0.717, 1.165) is 6.92 Å². The third kappa shape index (κ3) is 9.97. The van der Waals surface area contributed by atoms with Crippen molar-refractivity contribution in [3.8, 4) is 5.75 Å². The number of ketones is 1. The highest BCUT2D eigenvalue weighted by Gasteiger charge is 2.49. The molecule has 0 radical (unpaired) electrons. The minimum Gasteiger partial charge on any atom is -0.435 e. The molecule has 0 aromatic heterocycles. The van der Waals surface area contributed by atoms with Crippen LogP contribution in [0.25, 0.3) is 0 Å². The fourth-order valence-electron chi connectivity index (χ4n) is 3.44. The van der Waals surface area contributed by atoms with E-state index in [4.69, 9.17) is 40.1 Å². The van der Waals surface area contributed by atoms with Gasteiger partial charge >= 0.3 is 24.2 Å². The molecule has 1 aromatic rings. The van der Waals surface area contributed by atoms with Gasteiger partial charge in [-0.05, 0) is 45.4 Å². The van der Waals surface area contributed by atoms with Crippen molar-refractivity contribution in [1.29, 1.82) is 0 Å². The summed E-state index contributed by atoms with van der Waals surface area (Å²) in [5, 5.41) is 0. The lowest BCUT2D eigenvalue weighted by atomic mass is 9.80. The number of rotatable bonds is 15. The van der Waals surface area contributed by atoms with Crippen LogP contribution in [0.3, 0.4) is 0 Å². The van der Waals surface area contributed by atoms with Gasteiger partial charge in [0, 0.05) is 19.3 Å². The topological polar surface area (TPSA) is 217 Å². The van der Waals surface area contributed by atoms with Gasteiger partial charge in [0.1, 0.15) is 16.8 Å². The van der Waals surface area contributed by atoms with Crippen LogP contribution in [0.1, 0.15) is 66.6 Å². The second-order valence-electron chi connectivity index (χ2n) is 9.59. The highest BCUT2D eigenvalue weighted by atomic mass is 16.7. The Labute approximate surface area is 238 Å². The van der Waals surface area contributed by atoms with Crippen molar-refractivity contribution in [3.05, 3.63) is 29.8 Å². The summed E-state index contributed by atoms with van der Waals surface area (Å²) < 4.78 is 30.7. The first-order chi connectivity index (χ1) is 19.2. The summed E-state index contributed by atoms with van der Waals surface area (Å²) in [4.78, 5) is 62.6. The molecule has 15 nitrogen and oxygen atoms in total. The molecular formula is C26H40N4O11. The summed E-state index contributed by atoms with van der Waals surface area (Å²) in [7, 11) is 0. The van der Waals surface area contributed by atoms with Crippen molar-refractivity contribution in [2.45, 2.75) is 78.4 Å². The zero-order chi connectivity index (χ0) is 31.4. The van der Waals surface area contributed by atoms with E-state index < -0.39 is 65.8 Å². The van der Waals surface area contributed by atoms with Gasteiger partial charge in [-0.1, -0.05) is 26.0 Å². The van der Waals surface area contributed by atoms with Crippen molar-refractivity contribution in [2.24, 2.45) is 17.6 Å². The number of carbonyl (C=O) groups excluding carboxylic acids is 5. The van der Waals surface area contributed by atoms with Crippen LogP contribution in [0, 0.1) is 5.92 Å². The van der Waals surface area contributed by atoms with E-state index in [2.05, 4.69) is 10.9 Å². The molecule has 6 N–H and O–H groups in total. The van der Waals surface area contributed by atoms with Crippen LogP contribution in [0.15, 0.2) is 24.3 Å². The third-order valence-corrected chi connectivity index (χ3v) is 5.84. The molecule has 15 heteroatoms. The number of hydrogen-bond donors (Lipinski definition) is 4. The lowest BCUT2D eigenvalue weighted by Crippen LogP contribution is -2.63. The molecule has 0 saturated carbocycles. The van der Waals surface area contributed by atoms with Crippen LogP contribution in [0.4, 0.5) is 9.59 Å². The second kappa shape index (κ2) is 15.9. The Morgan fingerprint density at radius 1 is 0.902 bits per heavy atom. The van der Waals surface area contributed by atoms with Gasteiger partial charge in [0.25, 0.3) is 0 Å². The highest BCUT2D eigenvalue weighted by molar-refractivity contribution is 5.95. The summed E-state index contributed by atoms with van der Waals surface area (Å²) >= 11 is 0. The standard InChI is InChI=1S/C26H40N4O11/c1-8-36-23(34)39-18-12-10-11-17(13-18)20(40-24(35)37-9-2)26(7,30-28)19(32)14-25(6,29-27)22(33)41-21(15(3)4)38-16(5)31/h10-13,15,20-21,29-30H,8-9,14,27-28H2,1-7H3/t20-,21+,25-,26+/m0/s1. The normalized spacial score (nSPS) is 15.4. The minimum absolute atomic E-state index is 0.0208. The van der Waals surface area contributed by atoms with Crippen molar-refractivity contribution in [2.75, 3.05) is 13.2 Å². The molecule has 0 saturated heterocycles. The smallest absolute Gasteiger partial charge is 0.435 e. The zero-order valence-electron chi connectivity index (χ0n) is 24.3. The van der Waals surface area contributed by atoms with Gasteiger partial charge in [-0.3, -0.25) is 21.3 Å². The summed E-state index contributed by atoms with van der Waals surface area (Å²) in [5.74, 6) is 8.67. The number of Topliss-reactive ketones (excluding diaryl/α,β-unsaturated/α-hetero) is 1. The van der Waals surface area contributed by atoms with E-state index in [9.17, 15) is 24.0 Å². The molecule has 1 aromatic carbocycles. The van der Waals surface area contributed by atoms with E-state index in [1.807, 2.05) is 0 Å². The largest absolute Gasteiger partial charge is 0.513 e.